The Bertz CT molecular complexity index is 140. The van der Waals surface area contributed by atoms with Gasteiger partial charge in [0.1, 0.15) is 0 Å². The molecule has 0 amide bonds. The van der Waals surface area contributed by atoms with Crippen LogP contribution in [0.25, 0.3) is 0 Å². The predicted octanol–water partition coefficient (Wildman–Crippen LogP) is 0.597. The molecular formula is C3H3ClN2O. The smallest absolute Gasteiger partial charge is 0.321 e. The van der Waals surface area contributed by atoms with Crippen LogP contribution in [0.4, 0.5) is 0 Å². The summed E-state index contributed by atoms with van der Waals surface area (Å²) in [5.74, 6) is 0. The monoisotopic (exact) mass is 118 g/mol. The molecule has 0 aromatic rings. The molecule has 0 spiro atoms. The quantitative estimate of drug-likeness (QED) is 0.429. The van der Waals surface area contributed by atoms with Gasteiger partial charge in [-0.25, -0.2) is 0 Å². The number of hydrogen-bond donors (Lipinski definition) is 0. The van der Waals surface area contributed by atoms with E-state index in [1.54, 1.807) is 0 Å². The van der Waals surface area contributed by atoms with Gasteiger partial charge in [0.2, 0.25) is 5.29 Å². The molecule has 0 N–H and O–H groups in total. The second-order valence-corrected chi connectivity index (χ2v) is 1.32. The van der Waals surface area contributed by atoms with E-state index in [1.807, 2.05) is 0 Å². The first-order chi connectivity index (χ1) is 3.33. The van der Waals surface area contributed by atoms with Gasteiger partial charge in [0.15, 0.2) is 0 Å². The Morgan fingerprint density at radius 1 is 1.57 bits per heavy atom. The molecule has 38 valence electrons. The van der Waals surface area contributed by atoms with Crippen molar-refractivity contribution in [2.45, 2.75) is 0 Å². The largest absolute Gasteiger partial charge is 0.467 e. The molecule has 0 radical (unpaired) electrons. The molecule has 1 heterocycles. The molecule has 0 aromatic heterocycles. The molecule has 0 saturated carbocycles. The van der Waals surface area contributed by atoms with E-state index < -0.39 is 0 Å². The molecule has 0 fully saturated rings. The van der Waals surface area contributed by atoms with Crippen LogP contribution >= 0.6 is 11.6 Å². The van der Waals surface area contributed by atoms with Gasteiger partial charge in [0, 0.05) is 0 Å². The van der Waals surface area contributed by atoms with Gasteiger partial charge in [-0.3, -0.25) is 0 Å². The highest BCUT2D eigenvalue weighted by molar-refractivity contribution is 6.68. The van der Waals surface area contributed by atoms with Crippen molar-refractivity contribution >= 4 is 22.9 Å². The van der Waals surface area contributed by atoms with Crippen molar-refractivity contribution in [3.63, 3.8) is 0 Å². The van der Waals surface area contributed by atoms with E-state index in [2.05, 4.69) is 14.7 Å². The van der Waals surface area contributed by atoms with Crippen molar-refractivity contribution in [3.05, 3.63) is 0 Å². The van der Waals surface area contributed by atoms with Gasteiger partial charge in [-0.2, -0.15) is 9.98 Å². The maximum absolute atomic E-state index is 5.20. The van der Waals surface area contributed by atoms with Crippen molar-refractivity contribution in [3.8, 4) is 0 Å². The van der Waals surface area contributed by atoms with Gasteiger partial charge < -0.3 is 4.74 Å². The number of hydrogen-bond acceptors (Lipinski definition) is 3. The van der Waals surface area contributed by atoms with Crippen LogP contribution in [-0.2, 0) is 4.74 Å². The molecule has 0 unspecified atom stereocenters. The zero-order valence-corrected chi connectivity index (χ0v) is 4.44. The Kier molecular flexibility index (Phi) is 0.982. The van der Waals surface area contributed by atoms with Crippen molar-refractivity contribution in [1.82, 2.24) is 0 Å². The fourth-order valence-corrected chi connectivity index (χ4v) is 0.399. The van der Waals surface area contributed by atoms with Gasteiger partial charge in [-0.05, 0) is 11.6 Å². The average molecular weight is 119 g/mol. The minimum atomic E-state index is 0.261. The third-order valence-corrected chi connectivity index (χ3v) is 0.727. The Labute approximate surface area is 45.7 Å². The Morgan fingerprint density at radius 2 is 2.14 bits per heavy atom. The van der Waals surface area contributed by atoms with Crippen LogP contribution in [0.2, 0.25) is 0 Å². The molecule has 4 heteroatoms. The number of nitrogens with zero attached hydrogens (tertiary/aromatic N) is 2. The standard InChI is InChI=1S/C3H3ClN2O/c1-7-3-5-2(4)6-3/h1H3. The summed E-state index contributed by atoms with van der Waals surface area (Å²) in [7, 11) is 1.49. The zero-order valence-electron chi connectivity index (χ0n) is 3.68. The SMILES string of the molecule is COC1=NC(Cl)=N1. The third kappa shape index (κ3) is 0.718. The summed E-state index contributed by atoms with van der Waals surface area (Å²) >= 11 is 5.20. The van der Waals surface area contributed by atoms with Gasteiger partial charge in [-0.15, -0.1) is 0 Å². The first kappa shape index (κ1) is 4.59. The van der Waals surface area contributed by atoms with E-state index in [0.717, 1.165) is 0 Å². The fraction of sp³-hybridized carbons (Fsp3) is 0.333. The van der Waals surface area contributed by atoms with E-state index in [0.29, 0.717) is 6.02 Å². The van der Waals surface area contributed by atoms with Crippen molar-refractivity contribution in [2.75, 3.05) is 7.11 Å². The number of rotatable bonds is 0. The summed E-state index contributed by atoms with van der Waals surface area (Å²) in [6, 6.07) is 0.352. The first-order valence-corrected chi connectivity index (χ1v) is 2.07. The normalized spacial score (nSPS) is 16.9. The lowest BCUT2D eigenvalue weighted by Gasteiger charge is -2.02. The van der Waals surface area contributed by atoms with E-state index >= 15 is 0 Å². The highest BCUT2D eigenvalue weighted by atomic mass is 35.5. The van der Waals surface area contributed by atoms with Crippen molar-refractivity contribution in [1.29, 1.82) is 0 Å². The molecule has 0 bridgehead atoms. The van der Waals surface area contributed by atoms with Crippen LogP contribution in [0.15, 0.2) is 9.98 Å². The predicted molar refractivity (Wildman–Crippen MR) is 27.7 cm³/mol. The van der Waals surface area contributed by atoms with Crippen molar-refractivity contribution < 1.29 is 4.74 Å². The van der Waals surface area contributed by atoms with Crippen LogP contribution in [0.5, 0.6) is 0 Å². The van der Waals surface area contributed by atoms with E-state index in [4.69, 9.17) is 11.6 Å². The third-order valence-electron chi connectivity index (χ3n) is 0.558. The summed E-state index contributed by atoms with van der Waals surface area (Å²) in [6.45, 7) is 0. The summed E-state index contributed by atoms with van der Waals surface area (Å²) in [5.41, 5.74) is 0. The molecule has 0 aliphatic carbocycles. The first-order valence-electron chi connectivity index (χ1n) is 1.70. The zero-order chi connectivity index (χ0) is 5.28. The summed E-state index contributed by atoms with van der Waals surface area (Å²) in [5, 5.41) is 0.261. The summed E-state index contributed by atoms with van der Waals surface area (Å²) < 4.78 is 4.53. The second-order valence-electron chi connectivity index (χ2n) is 0.979. The molecular weight excluding hydrogens is 115 g/mol. The maximum Gasteiger partial charge on any atom is 0.321 e. The van der Waals surface area contributed by atoms with Crippen LogP contribution in [-0.4, -0.2) is 18.4 Å². The highest BCUT2D eigenvalue weighted by Gasteiger charge is 2.07. The molecule has 1 aliphatic heterocycles. The number of aliphatic imine (C=N–C) groups is 2. The lowest BCUT2D eigenvalue weighted by Crippen LogP contribution is -2.09. The van der Waals surface area contributed by atoms with E-state index in [9.17, 15) is 0 Å². The average Bonchev–Trinajstić information content (AvgIpc) is 1.58. The molecule has 0 aromatic carbocycles. The van der Waals surface area contributed by atoms with Crippen molar-refractivity contribution in [2.24, 2.45) is 9.98 Å². The number of halogens is 1. The fourth-order valence-electron chi connectivity index (χ4n) is 0.254. The summed E-state index contributed by atoms with van der Waals surface area (Å²) in [4.78, 5) is 7.10. The van der Waals surface area contributed by atoms with Crippen LogP contribution in [0.3, 0.4) is 0 Å². The number of methoxy groups -OCH3 is 1. The van der Waals surface area contributed by atoms with E-state index in [1.165, 1.54) is 7.11 Å². The summed E-state index contributed by atoms with van der Waals surface area (Å²) in [6.07, 6.45) is 0. The van der Waals surface area contributed by atoms with Gasteiger partial charge in [0.25, 0.3) is 0 Å². The molecule has 7 heavy (non-hydrogen) atoms. The Hall–Kier alpha value is -0.570. The number of amidine groups is 2. The minimum Gasteiger partial charge on any atom is -0.467 e. The Morgan fingerprint density at radius 3 is 2.29 bits per heavy atom. The molecule has 0 atom stereocenters. The van der Waals surface area contributed by atoms with Crippen LogP contribution < -0.4 is 0 Å². The lowest BCUT2D eigenvalue weighted by molar-refractivity contribution is 0.394. The van der Waals surface area contributed by atoms with Gasteiger partial charge in [0.05, 0.1) is 7.11 Å². The van der Waals surface area contributed by atoms with Crippen LogP contribution in [0, 0.1) is 0 Å². The maximum atomic E-state index is 5.20. The number of ether oxygens (including phenoxy) is 1. The molecule has 1 aliphatic rings. The second kappa shape index (κ2) is 1.50. The van der Waals surface area contributed by atoms with E-state index in [-0.39, 0.29) is 5.29 Å². The molecule has 3 nitrogen and oxygen atoms in total. The molecule has 1 rings (SSSR count). The lowest BCUT2D eigenvalue weighted by atomic mass is 10.9. The Balaban J connectivity index is 2.41. The topological polar surface area (TPSA) is 34.0 Å². The minimum absolute atomic E-state index is 0.261. The van der Waals surface area contributed by atoms with Crippen LogP contribution in [0.1, 0.15) is 0 Å². The van der Waals surface area contributed by atoms with Gasteiger partial charge in [-0.1, -0.05) is 0 Å². The highest BCUT2D eigenvalue weighted by Crippen LogP contribution is 2.01. The van der Waals surface area contributed by atoms with Gasteiger partial charge >= 0.3 is 6.02 Å². The molecule has 0 saturated heterocycles.